The monoisotopic (exact) mass is 471 g/mol. The van der Waals surface area contributed by atoms with Crippen molar-refractivity contribution >= 4 is 34.2 Å². The zero-order valence-electron chi connectivity index (χ0n) is 20.7. The Morgan fingerprint density at radius 1 is 0.943 bits per heavy atom. The quantitative estimate of drug-likeness (QED) is 0.471. The van der Waals surface area contributed by atoms with E-state index in [2.05, 4.69) is 5.32 Å². The van der Waals surface area contributed by atoms with Crippen LogP contribution in [0.2, 0.25) is 0 Å². The lowest BCUT2D eigenvalue weighted by atomic mass is 10.1. The largest absolute Gasteiger partial charge is 0.352 e. The van der Waals surface area contributed by atoms with E-state index in [1.54, 1.807) is 16.7 Å². The molecule has 0 spiro atoms. The molecule has 1 atom stereocenters. The minimum absolute atomic E-state index is 0.00143. The molecule has 0 bridgehead atoms. The maximum Gasteiger partial charge on any atom is 0.258 e. The van der Waals surface area contributed by atoms with Gasteiger partial charge in [0.1, 0.15) is 6.04 Å². The van der Waals surface area contributed by atoms with Crippen molar-refractivity contribution in [3.63, 3.8) is 0 Å². The van der Waals surface area contributed by atoms with Crippen molar-refractivity contribution in [3.8, 4) is 0 Å². The fourth-order valence-electron chi connectivity index (χ4n) is 4.71. The fraction of sp³-hybridized carbons (Fsp3) is 0.345. The molecule has 1 N–H and O–H groups in total. The Balaban J connectivity index is 1.42. The number of nitrogens with one attached hydrogen (secondary N) is 1. The Morgan fingerprint density at radius 2 is 1.66 bits per heavy atom. The van der Waals surface area contributed by atoms with Crippen molar-refractivity contribution in [2.75, 3.05) is 18.0 Å². The van der Waals surface area contributed by atoms with Gasteiger partial charge < -0.3 is 15.1 Å². The van der Waals surface area contributed by atoms with Crippen molar-refractivity contribution in [2.24, 2.45) is 0 Å². The molecule has 0 saturated carbocycles. The van der Waals surface area contributed by atoms with Crippen molar-refractivity contribution in [1.82, 2.24) is 10.2 Å². The number of amides is 3. The second-order valence-electron chi connectivity index (χ2n) is 9.40. The molecule has 35 heavy (non-hydrogen) atoms. The number of hydrogen-bond acceptors (Lipinski definition) is 3. The predicted molar refractivity (Wildman–Crippen MR) is 139 cm³/mol. The highest BCUT2D eigenvalue weighted by Crippen LogP contribution is 2.37. The topological polar surface area (TPSA) is 69.7 Å². The number of carbonyl (C=O) groups is 3. The van der Waals surface area contributed by atoms with Gasteiger partial charge in [0.05, 0.1) is 5.69 Å². The maximum absolute atomic E-state index is 13.3. The zero-order chi connectivity index (χ0) is 24.9. The number of carbonyl (C=O) groups excluding carboxylic acids is 3. The van der Waals surface area contributed by atoms with Gasteiger partial charge in [-0.1, -0.05) is 54.6 Å². The highest BCUT2D eigenvalue weighted by atomic mass is 16.2. The van der Waals surface area contributed by atoms with Gasteiger partial charge in [-0.3, -0.25) is 14.4 Å². The van der Waals surface area contributed by atoms with Crippen LogP contribution in [0.15, 0.2) is 66.7 Å². The van der Waals surface area contributed by atoms with Crippen LogP contribution in [0.4, 0.5) is 5.69 Å². The number of benzene rings is 3. The van der Waals surface area contributed by atoms with E-state index in [0.29, 0.717) is 31.5 Å². The second kappa shape index (κ2) is 10.7. The average molecular weight is 472 g/mol. The van der Waals surface area contributed by atoms with E-state index in [0.717, 1.165) is 22.0 Å². The molecule has 0 aliphatic carbocycles. The molecule has 3 amide bonds. The minimum atomic E-state index is -0.569. The first-order valence-corrected chi connectivity index (χ1v) is 12.3. The normalized spacial score (nSPS) is 13.4. The molecule has 0 aromatic heterocycles. The van der Waals surface area contributed by atoms with Gasteiger partial charge in [-0.25, -0.2) is 0 Å². The van der Waals surface area contributed by atoms with Crippen LogP contribution in [0.25, 0.3) is 10.8 Å². The molecule has 1 unspecified atom stereocenters. The summed E-state index contributed by atoms with van der Waals surface area (Å²) in [5.74, 6) is -0.247. The van der Waals surface area contributed by atoms with E-state index in [1.807, 2.05) is 80.6 Å². The molecule has 182 valence electrons. The maximum atomic E-state index is 13.3. The minimum Gasteiger partial charge on any atom is -0.352 e. The Labute approximate surface area is 206 Å². The molecular formula is C29H33N3O3. The van der Waals surface area contributed by atoms with Crippen LogP contribution >= 0.6 is 0 Å². The van der Waals surface area contributed by atoms with Gasteiger partial charge in [-0.2, -0.15) is 0 Å². The van der Waals surface area contributed by atoms with E-state index >= 15 is 0 Å². The van der Waals surface area contributed by atoms with Crippen LogP contribution in [-0.4, -0.2) is 47.8 Å². The molecule has 6 heteroatoms. The van der Waals surface area contributed by atoms with E-state index < -0.39 is 6.04 Å². The Bertz CT molecular complexity index is 1220. The third kappa shape index (κ3) is 5.37. The lowest BCUT2D eigenvalue weighted by Crippen LogP contribution is -2.50. The highest BCUT2D eigenvalue weighted by Gasteiger charge is 2.30. The number of nitrogens with zero attached hydrogens (tertiary/aromatic N) is 2. The predicted octanol–water partition coefficient (Wildman–Crippen LogP) is 4.56. The zero-order valence-corrected chi connectivity index (χ0v) is 20.7. The molecule has 3 aromatic carbocycles. The Hall–Kier alpha value is -3.67. The Morgan fingerprint density at radius 3 is 2.37 bits per heavy atom. The van der Waals surface area contributed by atoms with Crippen LogP contribution in [0, 0.1) is 0 Å². The fourth-order valence-corrected chi connectivity index (χ4v) is 4.71. The van der Waals surface area contributed by atoms with Gasteiger partial charge in [0, 0.05) is 36.5 Å². The molecule has 1 aliphatic rings. The SMILES string of the molecule is CC(C)NC(=O)C(C)N(CCc1ccccc1)C(=O)CCCN1C(=O)c2cccc3cccc1c23. The van der Waals surface area contributed by atoms with Crippen LogP contribution in [-0.2, 0) is 16.0 Å². The van der Waals surface area contributed by atoms with Gasteiger partial charge in [0.25, 0.3) is 5.91 Å². The summed E-state index contributed by atoms with van der Waals surface area (Å²) in [4.78, 5) is 42.5. The van der Waals surface area contributed by atoms with Crippen LogP contribution in [0.1, 0.15) is 49.5 Å². The molecule has 4 rings (SSSR count). The molecule has 3 aromatic rings. The number of hydrogen-bond donors (Lipinski definition) is 1. The van der Waals surface area contributed by atoms with Crippen molar-refractivity contribution in [2.45, 2.75) is 52.1 Å². The van der Waals surface area contributed by atoms with Gasteiger partial charge in [-0.05, 0) is 56.7 Å². The van der Waals surface area contributed by atoms with Crippen LogP contribution in [0.5, 0.6) is 0 Å². The summed E-state index contributed by atoms with van der Waals surface area (Å²) in [5.41, 5.74) is 2.74. The van der Waals surface area contributed by atoms with Crippen molar-refractivity contribution in [3.05, 3.63) is 77.9 Å². The molecule has 0 saturated heterocycles. The van der Waals surface area contributed by atoms with E-state index in [1.165, 1.54) is 0 Å². The average Bonchev–Trinajstić information content (AvgIpc) is 3.12. The second-order valence-corrected chi connectivity index (χ2v) is 9.40. The number of anilines is 1. The molecule has 6 nitrogen and oxygen atoms in total. The molecule has 0 fully saturated rings. The lowest BCUT2D eigenvalue weighted by Gasteiger charge is -2.29. The molecule has 1 heterocycles. The molecular weight excluding hydrogens is 438 g/mol. The number of rotatable bonds is 10. The smallest absolute Gasteiger partial charge is 0.258 e. The summed E-state index contributed by atoms with van der Waals surface area (Å²) < 4.78 is 0. The first-order valence-electron chi connectivity index (χ1n) is 12.3. The standard InChI is InChI=1S/C29H33N3O3/c1-20(2)30-28(34)21(3)31(19-17-22-10-5-4-6-11-22)26(33)16-9-18-32-25-15-8-13-23-12-7-14-24(27(23)25)29(32)35/h4-8,10-15,20-21H,9,16-19H2,1-3H3,(H,30,34). The summed E-state index contributed by atoms with van der Waals surface area (Å²) in [6, 6.07) is 21.1. The highest BCUT2D eigenvalue weighted by molar-refractivity contribution is 6.25. The third-order valence-electron chi connectivity index (χ3n) is 6.50. The summed E-state index contributed by atoms with van der Waals surface area (Å²) in [6.07, 6.45) is 1.47. The van der Waals surface area contributed by atoms with Gasteiger partial charge >= 0.3 is 0 Å². The summed E-state index contributed by atoms with van der Waals surface area (Å²) in [7, 11) is 0. The van der Waals surface area contributed by atoms with Crippen LogP contribution in [0.3, 0.4) is 0 Å². The van der Waals surface area contributed by atoms with Gasteiger partial charge in [-0.15, -0.1) is 0 Å². The van der Waals surface area contributed by atoms with Gasteiger partial charge in [0.15, 0.2) is 0 Å². The summed E-state index contributed by atoms with van der Waals surface area (Å²) >= 11 is 0. The van der Waals surface area contributed by atoms with Gasteiger partial charge in [0.2, 0.25) is 11.8 Å². The van der Waals surface area contributed by atoms with Crippen LogP contribution < -0.4 is 10.2 Å². The van der Waals surface area contributed by atoms with E-state index in [-0.39, 0.29) is 30.2 Å². The van der Waals surface area contributed by atoms with Crippen molar-refractivity contribution in [1.29, 1.82) is 0 Å². The molecule has 0 radical (unpaired) electrons. The molecule has 1 aliphatic heterocycles. The van der Waals surface area contributed by atoms with E-state index in [4.69, 9.17) is 0 Å². The van der Waals surface area contributed by atoms with Crippen molar-refractivity contribution < 1.29 is 14.4 Å². The summed E-state index contributed by atoms with van der Waals surface area (Å²) in [6.45, 7) is 6.51. The lowest BCUT2D eigenvalue weighted by molar-refractivity contribution is -0.140. The summed E-state index contributed by atoms with van der Waals surface area (Å²) in [5, 5.41) is 4.94. The van der Waals surface area contributed by atoms with E-state index in [9.17, 15) is 14.4 Å². The Kier molecular flexibility index (Phi) is 7.49. The first-order chi connectivity index (χ1) is 16.9. The first kappa shape index (κ1) is 24.5. The third-order valence-corrected chi connectivity index (χ3v) is 6.50.